The summed E-state index contributed by atoms with van der Waals surface area (Å²) in [4.78, 5) is 0. The van der Waals surface area contributed by atoms with Gasteiger partial charge in [0.2, 0.25) is 0 Å². The highest BCUT2D eigenvalue weighted by molar-refractivity contribution is 4.78. The highest BCUT2D eigenvalue weighted by atomic mass is 16.6. The smallest absolute Gasteiger partial charge is 0.0837 e. The molecule has 2 fully saturated rings. The molecule has 2 heteroatoms. The summed E-state index contributed by atoms with van der Waals surface area (Å²) in [5, 5.41) is 0. The maximum atomic E-state index is 5.56. The number of hydrogen-bond acceptors (Lipinski definition) is 2. The molecule has 2 rings (SSSR count). The summed E-state index contributed by atoms with van der Waals surface area (Å²) in [5.41, 5.74) is 0. The van der Waals surface area contributed by atoms with Crippen LogP contribution < -0.4 is 0 Å². The van der Waals surface area contributed by atoms with Gasteiger partial charge in [-0.3, -0.25) is 0 Å². The van der Waals surface area contributed by atoms with E-state index in [2.05, 4.69) is 0 Å². The summed E-state index contributed by atoms with van der Waals surface area (Å²) in [5.74, 6) is 0. The van der Waals surface area contributed by atoms with E-state index in [9.17, 15) is 0 Å². The van der Waals surface area contributed by atoms with Crippen LogP contribution in [0.2, 0.25) is 0 Å². The summed E-state index contributed by atoms with van der Waals surface area (Å²) < 4.78 is 11.1. The fourth-order valence-corrected chi connectivity index (χ4v) is 1.84. The minimum atomic E-state index is 0.433. The van der Waals surface area contributed by atoms with E-state index in [4.69, 9.17) is 9.47 Å². The zero-order valence-electron chi connectivity index (χ0n) is 6.21. The van der Waals surface area contributed by atoms with Crippen molar-refractivity contribution in [2.24, 2.45) is 0 Å². The predicted molar refractivity (Wildman–Crippen MR) is 37.9 cm³/mol. The van der Waals surface area contributed by atoms with Crippen LogP contribution in [0.15, 0.2) is 0 Å². The Bertz CT molecular complexity index is 87.8. The highest BCUT2D eigenvalue weighted by Gasteiger charge is 2.28. The van der Waals surface area contributed by atoms with E-state index < -0.39 is 0 Å². The summed E-state index contributed by atoms with van der Waals surface area (Å²) in [6, 6.07) is 0. The molecule has 0 bridgehead atoms. The predicted octanol–water partition coefficient (Wildman–Crippen LogP) is 1.34. The molecule has 1 aliphatic carbocycles. The van der Waals surface area contributed by atoms with Crippen molar-refractivity contribution in [2.75, 3.05) is 13.2 Å². The third kappa shape index (κ3) is 1.18. The summed E-state index contributed by atoms with van der Waals surface area (Å²) >= 11 is 0. The minimum Gasteiger partial charge on any atom is -0.373 e. The van der Waals surface area contributed by atoms with Crippen molar-refractivity contribution in [3.8, 4) is 0 Å². The lowest BCUT2D eigenvalue weighted by Gasteiger charge is -2.35. The first-order valence-electron chi connectivity index (χ1n) is 4.20. The standard InChI is InChI=1S/C8H14O2/c1-2-4-8-7(3-1)9-5-6-10-8/h7-8H,1-6H2/t7-,8?/m1/s1. The number of ether oxygens (including phenoxy) is 2. The van der Waals surface area contributed by atoms with E-state index in [1.54, 1.807) is 0 Å². The van der Waals surface area contributed by atoms with Crippen LogP contribution >= 0.6 is 0 Å². The zero-order valence-corrected chi connectivity index (χ0v) is 6.21. The number of fused-ring (bicyclic) bond motifs is 1. The molecule has 2 nitrogen and oxygen atoms in total. The van der Waals surface area contributed by atoms with E-state index in [1.165, 1.54) is 25.7 Å². The molecule has 0 aromatic carbocycles. The molecule has 1 heterocycles. The van der Waals surface area contributed by atoms with Crippen LogP contribution in [-0.4, -0.2) is 25.4 Å². The molecule has 2 atom stereocenters. The molecule has 0 spiro atoms. The van der Waals surface area contributed by atoms with Gasteiger partial charge in [0.1, 0.15) is 0 Å². The van der Waals surface area contributed by atoms with E-state index >= 15 is 0 Å². The first-order valence-corrected chi connectivity index (χ1v) is 4.20. The monoisotopic (exact) mass is 142 g/mol. The normalized spacial score (nSPS) is 40.8. The molecule has 0 radical (unpaired) electrons. The lowest BCUT2D eigenvalue weighted by atomic mass is 9.94. The third-order valence-electron chi connectivity index (χ3n) is 2.39. The molecule has 1 aliphatic heterocycles. The maximum Gasteiger partial charge on any atom is 0.0837 e. The van der Waals surface area contributed by atoms with Gasteiger partial charge in [0.05, 0.1) is 25.4 Å². The highest BCUT2D eigenvalue weighted by Crippen LogP contribution is 2.25. The van der Waals surface area contributed by atoms with Crippen molar-refractivity contribution < 1.29 is 9.47 Å². The molecule has 1 unspecified atom stereocenters. The van der Waals surface area contributed by atoms with Crippen LogP contribution in [0.25, 0.3) is 0 Å². The van der Waals surface area contributed by atoms with Crippen LogP contribution in [0.1, 0.15) is 25.7 Å². The molecule has 0 amide bonds. The molecule has 58 valence electrons. The van der Waals surface area contributed by atoms with Crippen molar-refractivity contribution in [2.45, 2.75) is 37.9 Å². The Hall–Kier alpha value is -0.0800. The maximum absolute atomic E-state index is 5.56. The second kappa shape index (κ2) is 2.89. The summed E-state index contributed by atoms with van der Waals surface area (Å²) in [6.07, 6.45) is 5.94. The van der Waals surface area contributed by atoms with Crippen LogP contribution in [0, 0.1) is 0 Å². The van der Waals surface area contributed by atoms with Gasteiger partial charge in [0, 0.05) is 0 Å². The van der Waals surface area contributed by atoms with Gasteiger partial charge in [-0.05, 0) is 12.8 Å². The van der Waals surface area contributed by atoms with Crippen molar-refractivity contribution in [3.05, 3.63) is 0 Å². The van der Waals surface area contributed by atoms with Gasteiger partial charge in [-0.1, -0.05) is 12.8 Å². The Labute approximate surface area is 61.5 Å². The van der Waals surface area contributed by atoms with Crippen molar-refractivity contribution in [3.63, 3.8) is 0 Å². The topological polar surface area (TPSA) is 18.5 Å². The van der Waals surface area contributed by atoms with E-state index in [-0.39, 0.29) is 0 Å². The Morgan fingerprint density at radius 1 is 0.800 bits per heavy atom. The Morgan fingerprint density at radius 2 is 1.30 bits per heavy atom. The Balaban J connectivity index is 1.93. The van der Waals surface area contributed by atoms with Crippen molar-refractivity contribution >= 4 is 0 Å². The number of hydrogen-bond donors (Lipinski definition) is 0. The molecule has 10 heavy (non-hydrogen) atoms. The van der Waals surface area contributed by atoms with Gasteiger partial charge in [0.25, 0.3) is 0 Å². The lowest BCUT2D eigenvalue weighted by Crippen LogP contribution is -2.40. The fourth-order valence-electron chi connectivity index (χ4n) is 1.84. The number of rotatable bonds is 0. The second-order valence-electron chi connectivity index (χ2n) is 3.10. The van der Waals surface area contributed by atoms with Crippen LogP contribution in [-0.2, 0) is 9.47 Å². The largest absolute Gasteiger partial charge is 0.373 e. The fraction of sp³-hybridized carbons (Fsp3) is 1.00. The van der Waals surface area contributed by atoms with Gasteiger partial charge >= 0.3 is 0 Å². The molecule has 0 aromatic heterocycles. The minimum absolute atomic E-state index is 0.433. The second-order valence-corrected chi connectivity index (χ2v) is 3.10. The van der Waals surface area contributed by atoms with Gasteiger partial charge in [-0.25, -0.2) is 0 Å². The van der Waals surface area contributed by atoms with Crippen LogP contribution in [0.4, 0.5) is 0 Å². The van der Waals surface area contributed by atoms with E-state index in [1.807, 2.05) is 0 Å². The molecule has 2 aliphatic rings. The van der Waals surface area contributed by atoms with E-state index in [0.29, 0.717) is 12.2 Å². The van der Waals surface area contributed by atoms with E-state index in [0.717, 1.165) is 13.2 Å². The average Bonchev–Trinajstić information content (AvgIpc) is 2.05. The Morgan fingerprint density at radius 3 is 1.80 bits per heavy atom. The first-order chi connectivity index (χ1) is 4.97. The van der Waals surface area contributed by atoms with Gasteiger partial charge in [-0.15, -0.1) is 0 Å². The SMILES string of the molecule is C1CC[C@H]2OCCOC2C1. The molecule has 0 N–H and O–H groups in total. The van der Waals surface area contributed by atoms with Crippen LogP contribution in [0.5, 0.6) is 0 Å². The van der Waals surface area contributed by atoms with Crippen molar-refractivity contribution in [1.82, 2.24) is 0 Å². The third-order valence-corrected chi connectivity index (χ3v) is 2.39. The summed E-state index contributed by atoms with van der Waals surface area (Å²) in [6.45, 7) is 1.61. The summed E-state index contributed by atoms with van der Waals surface area (Å²) in [7, 11) is 0. The van der Waals surface area contributed by atoms with Crippen molar-refractivity contribution in [1.29, 1.82) is 0 Å². The quantitative estimate of drug-likeness (QED) is 0.508. The van der Waals surface area contributed by atoms with Gasteiger partial charge in [0.15, 0.2) is 0 Å². The average molecular weight is 142 g/mol. The molecule has 1 saturated heterocycles. The Kier molecular flexibility index (Phi) is 1.91. The lowest BCUT2D eigenvalue weighted by molar-refractivity contribution is -0.153. The van der Waals surface area contributed by atoms with Gasteiger partial charge < -0.3 is 9.47 Å². The molecular formula is C8H14O2. The molecule has 0 aromatic rings. The molecule has 1 saturated carbocycles. The molecular weight excluding hydrogens is 128 g/mol. The first kappa shape index (κ1) is 6.62. The van der Waals surface area contributed by atoms with Gasteiger partial charge in [-0.2, -0.15) is 0 Å². The zero-order chi connectivity index (χ0) is 6.81. The van der Waals surface area contributed by atoms with Crippen LogP contribution in [0.3, 0.4) is 0 Å².